The number of hydrogen-bond acceptors (Lipinski definition) is 4. The molecule has 1 rings (SSSR count). The maximum Gasteiger partial charge on any atom is 0.208 e. The van der Waals surface area contributed by atoms with Crippen molar-refractivity contribution in [2.24, 2.45) is 0 Å². The predicted octanol–water partition coefficient (Wildman–Crippen LogP) is -0.438. The first-order chi connectivity index (χ1) is 7.25. The van der Waals surface area contributed by atoms with E-state index in [9.17, 15) is 8.42 Å². The van der Waals surface area contributed by atoms with Crippen LogP contribution in [-0.4, -0.2) is 70.8 Å². The Labute approximate surface area is 98.8 Å². The SMILES string of the molecule is CN1CCC(CNS(C)(=O)=O)(N(C)C)CC1. The Hall–Kier alpha value is -0.170. The summed E-state index contributed by atoms with van der Waals surface area (Å²) in [6, 6.07) is 0. The molecule has 1 aliphatic heterocycles. The lowest BCUT2D eigenvalue weighted by molar-refractivity contribution is 0.0707. The Kier molecular flexibility index (Phi) is 4.34. The quantitative estimate of drug-likeness (QED) is 0.734. The van der Waals surface area contributed by atoms with E-state index in [2.05, 4.69) is 21.6 Å². The molecule has 6 heteroatoms. The van der Waals surface area contributed by atoms with Crippen molar-refractivity contribution in [2.75, 3.05) is 47.0 Å². The molecule has 0 aromatic rings. The largest absolute Gasteiger partial charge is 0.306 e. The van der Waals surface area contributed by atoms with Crippen LogP contribution in [0, 0.1) is 0 Å². The number of rotatable bonds is 4. The minimum Gasteiger partial charge on any atom is -0.306 e. The van der Waals surface area contributed by atoms with E-state index >= 15 is 0 Å². The Morgan fingerprint density at radius 2 is 1.81 bits per heavy atom. The highest BCUT2D eigenvalue weighted by molar-refractivity contribution is 7.88. The molecule has 16 heavy (non-hydrogen) atoms. The second-order valence-corrected chi connectivity index (χ2v) is 6.85. The van der Waals surface area contributed by atoms with Crippen molar-refractivity contribution in [1.29, 1.82) is 0 Å². The molecule has 0 aromatic carbocycles. The molecule has 5 nitrogen and oxygen atoms in total. The highest BCUT2D eigenvalue weighted by Gasteiger charge is 2.36. The molecule has 0 bridgehead atoms. The lowest BCUT2D eigenvalue weighted by atomic mass is 9.86. The molecule has 0 aromatic heterocycles. The molecule has 1 saturated heterocycles. The van der Waals surface area contributed by atoms with Gasteiger partial charge in [0.15, 0.2) is 0 Å². The van der Waals surface area contributed by atoms with Crippen molar-refractivity contribution in [1.82, 2.24) is 14.5 Å². The van der Waals surface area contributed by atoms with E-state index < -0.39 is 10.0 Å². The van der Waals surface area contributed by atoms with Crippen LogP contribution in [0.5, 0.6) is 0 Å². The van der Waals surface area contributed by atoms with Gasteiger partial charge in [-0.2, -0.15) is 0 Å². The van der Waals surface area contributed by atoms with Gasteiger partial charge >= 0.3 is 0 Å². The lowest BCUT2D eigenvalue weighted by Gasteiger charge is -2.45. The molecule has 0 aliphatic carbocycles. The van der Waals surface area contributed by atoms with Gasteiger partial charge in [0.2, 0.25) is 10.0 Å². The van der Waals surface area contributed by atoms with Crippen molar-refractivity contribution < 1.29 is 8.42 Å². The number of likely N-dealkylation sites (N-methyl/N-ethyl adjacent to an activating group) is 1. The molecule has 1 heterocycles. The van der Waals surface area contributed by atoms with E-state index in [0.29, 0.717) is 6.54 Å². The number of likely N-dealkylation sites (tertiary alicyclic amines) is 1. The zero-order valence-electron chi connectivity index (χ0n) is 10.7. The van der Waals surface area contributed by atoms with Gasteiger partial charge < -0.3 is 9.80 Å². The van der Waals surface area contributed by atoms with Gasteiger partial charge in [-0.25, -0.2) is 13.1 Å². The van der Waals surface area contributed by atoms with Crippen LogP contribution < -0.4 is 4.72 Å². The summed E-state index contributed by atoms with van der Waals surface area (Å²) in [5.41, 5.74) is -0.0322. The standard InChI is InChI=1S/C10H23N3O2S/c1-12(2)10(9-11-16(4,14)15)5-7-13(3)8-6-10/h11H,5-9H2,1-4H3. The third-order valence-corrected chi connectivity index (χ3v) is 4.20. The van der Waals surface area contributed by atoms with Crippen LogP contribution in [0.25, 0.3) is 0 Å². The molecular formula is C10H23N3O2S. The van der Waals surface area contributed by atoms with Crippen molar-refractivity contribution in [3.8, 4) is 0 Å². The van der Waals surface area contributed by atoms with Gasteiger partial charge in [0.05, 0.1) is 6.26 Å². The van der Waals surface area contributed by atoms with Gasteiger partial charge in [-0.1, -0.05) is 0 Å². The van der Waals surface area contributed by atoms with Crippen LogP contribution in [0.1, 0.15) is 12.8 Å². The van der Waals surface area contributed by atoms with Gasteiger partial charge in [0.1, 0.15) is 0 Å². The number of sulfonamides is 1. The van der Waals surface area contributed by atoms with Crippen molar-refractivity contribution in [3.63, 3.8) is 0 Å². The molecule has 0 radical (unpaired) electrons. The number of piperidine rings is 1. The van der Waals surface area contributed by atoms with Crippen LogP contribution in [0.15, 0.2) is 0 Å². The minimum absolute atomic E-state index is 0.0322. The molecule has 1 N–H and O–H groups in total. The summed E-state index contributed by atoms with van der Waals surface area (Å²) in [6.45, 7) is 2.54. The molecule has 0 atom stereocenters. The summed E-state index contributed by atoms with van der Waals surface area (Å²) >= 11 is 0. The molecule has 0 saturated carbocycles. The summed E-state index contributed by atoms with van der Waals surface area (Å²) in [5, 5.41) is 0. The van der Waals surface area contributed by atoms with Gasteiger partial charge in [0, 0.05) is 12.1 Å². The summed E-state index contributed by atoms with van der Waals surface area (Å²) in [7, 11) is 3.05. The average molecular weight is 249 g/mol. The summed E-state index contributed by atoms with van der Waals surface area (Å²) in [4.78, 5) is 4.43. The highest BCUT2D eigenvalue weighted by Crippen LogP contribution is 2.25. The van der Waals surface area contributed by atoms with Gasteiger partial charge in [0.25, 0.3) is 0 Å². The number of hydrogen-bond donors (Lipinski definition) is 1. The van der Waals surface area contributed by atoms with Gasteiger partial charge in [-0.3, -0.25) is 0 Å². The van der Waals surface area contributed by atoms with E-state index in [1.165, 1.54) is 6.26 Å². The van der Waals surface area contributed by atoms with E-state index in [-0.39, 0.29) is 5.54 Å². The molecular weight excluding hydrogens is 226 g/mol. The minimum atomic E-state index is -3.10. The van der Waals surface area contributed by atoms with Crippen molar-refractivity contribution in [3.05, 3.63) is 0 Å². The fraction of sp³-hybridized carbons (Fsp3) is 1.00. The first-order valence-electron chi connectivity index (χ1n) is 5.56. The normalized spacial score (nSPS) is 22.6. The first kappa shape index (κ1) is 13.9. The predicted molar refractivity (Wildman–Crippen MR) is 66.0 cm³/mol. The monoisotopic (exact) mass is 249 g/mol. The van der Waals surface area contributed by atoms with Crippen molar-refractivity contribution in [2.45, 2.75) is 18.4 Å². The fourth-order valence-corrected chi connectivity index (χ4v) is 2.61. The molecule has 1 fully saturated rings. The second kappa shape index (κ2) is 5.00. The highest BCUT2D eigenvalue weighted by atomic mass is 32.2. The van der Waals surface area contributed by atoms with Gasteiger partial charge in [-0.15, -0.1) is 0 Å². The summed E-state index contributed by atoms with van der Waals surface area (Å²) in [6.07, 6.45) is 3.21. The Morgan fingerprint density at radius 3 is 2.19 bits per heavy atom. The topological polar surface area (TPSA) is 52.7 Å². The smallest absolute Gasteiger partial charge is 0.208 e. The molecule has 0 unspecified atom stereocenters. The third-order valence-electron chi connectivity index (χ3n) is 3.53. The zero-order valence-corrected chi connectivity index (χ0v) is 11.5. The third kappa shape index (κ3) is 3.69. The van der Waals surface area contributed by atoms with Crippen LogP contribution in [0.4, 0.5) is 0 Å². The number of nitrogens with zero attached hydrogens (tertiary/aromatic N) is 2. The second-order valence-electron chi connectivity index (χ2n) is 5.02. The zero-order chi connectivity index (χ0) is 12.4. The van der Waals surface area contributed by atoms with Gasteiger partial charge in [-0.05, 0) is 47.1 Å². The van der Waals surface area contributed by atoms with Crippen LogP contribution in [0.3, 0.4) is 0 Å². The maximum atomic E-state index is 11.2. The fourth-order valence-electron chi connectivity index (χ4n) is 2.08. The van der Waals surface area contributed by atoms with Crippen LogP contribution >= 0.6 is 0 Å². The first-order valence-corrected chi connectivity index (χ1v) is 7.45. The summed E-state index contributed by atoms with van der Waals surface area (Å²) in [5.74, 6) is 0. The van der Waals surface area contributed by atoms with Crippen LogP contribution in [0.2, 0.25) is 0 Å². The Balaban J connectivity index is 2.67. The molecule has 1 aliphatic rings. The average Bonchev–Trinajstić information content (AvgIpc) is 2.16. The molecule has 0 amide bonds. The van der Waals surface area contributed by atoms with E-state index in [1.54, 1.807) is 0 Å². The summed E-state index contributed by atoms with van der Waals surface area (Å²) < 4.78 is 25.0. The van der Waals surface area contributed by atoms with Crippen LogP contribution in [-0.2, 0) is 10.0 Å². The van der Waals surface area contributed by atoms with E-state index in [1.807, 2.05) is 14.1 Å². The lowest BCUT2D eigenvalue weighted by Crippen LogP contribution is -2.57. The number of nitrogens with one attached hydrogen (secondary N) is 1. The van der Waals surface area contributed by atoms with Crippen molar-refractivity contribution >= 4 is 10.0 Å². The maximum absolute atomic E-state index is 11.2. The Bertz CT molecular complexity index is 319. The van der Waals surface area contributed by atoms with E-state index in [4.69, 9.17) is 0 Å². The molecule has 96 valence electrons. The Morgan fingerprint density at radius 1 is 1.31 bits per heavy atom. The van der Waals surface area contributed by atoms with E-state index in [0.717, 1.165) is 25.9 Å². The molecule has 0 spiro atoms.